The van der Waals surface area contributed by atoms with E-state index >= 15 is 0 Å². The second kappa shape index (κ2) is 8.22. The number of nitrogens with zero attached hydrogens (tertiary/aromatic N) is 3. The van der Waals surface area contributed by atoms with Crippen molar-refractivity contribution in [1.29, 1.82) is 0 Å². The fraction of sp³-hybridized carbons (Fsp3) is 0.250. The van der Waals surface area contributed by atoms with E-state index in [0.717, 1.165) is 43.7 Å². The summed E-state index contributed by atoms with van der Waals surface area (Å²) >= 11 is 0. The number of likely N-dealkylation sites (N-methyl/N-ethyl adjacent to an activating group) is 1. The minimum Gasteiger partial charge on any atom is -0.362 e. The quantitative estimate of drug-likeness (QED) is 0.677. The number of hydrogen-bond donors (Lipinski definition) is 1. The van der Waals surface area contributed by atoms with Crippen LogP contribution in [0.1, 0.15) is 28.0 Å². The van der Waals surface area contributed by atoms with E-state index < -0.39 is 0 Å². The van der Waals surface area contributed by atoms with Gasteiger partial charge in [0.15, 0.2) is 6.29 Å². The molecule has 2 heterocycles. The van der Waals surface area contributed by atoms with Gasteiger partial charge in [-0.15, -0.1) is 0 Å². The topological polar surface area (TPSA) is 57.6 Å². The molecule has 1 aliphatic rings. The van der Waals surface area contributed by atoms with Crippen LogP contribution in [-0.4, -0.2) is 48.7 Å². The zero-order valence-electron chi connectivity index (χ0n) is 14.2. The molecule has 0 amide bonds. The maximum absolute atomic E-state index is 11.4. The van der Waals surface area contributed by atoms with Crippen LogP contribution < -0.4 is 5.32 Å². The Morgan fingerprint density at radius 3 is 2.96 bits per heavy atom. The minimum absolute atomic E-state index is 0.571. The standard InChI is InChI=1S/C20H20N4O/c1-24-13-12-21-11-9-20(24)23-19-14-16(5-7-17(19)15-25)6-8-18-4-2-3-10-22-18/h2-5,7,10,14-15,21H,9,11-13H2,1H3. The van der Waals surface area contributed by atoms with E-state index in [1.165, 1.54) is 0 Å². The lowest BCUT2D eigenvalue weighted by Gasteiger charge is -2.18. The smallest absolute Gasteiger partial charge is 0.152 e. The molecule has 3 rings (SSSR count). The highest BCUT2D eigenvalue weighted by atomic mass is 16.1. The molecule has 1 saturated heterocycles. The number of aromatic nitrogens is 1. The summed E-state index contributed by atoms with van der Waals surface area (Å²) in [6, 6.07) is 11.1. The number of amidine groups is 1. The average molecular weight is 332 g/mol. The Labute approximate surface area is 147 Å². The first kappa shape index (κ1) is 16.9. The summed E-state index contributed by atoms with van der Waals surface area (Å²) in [6.07, 6.45) is 3.38. The molecule has 1 fully saturated rings. The highest BCUT2D eigenvalue weighted by molar-refractivity contribution is 5.90. The van der Waals surface area contributed by atoms with Crippen LogP contribution in [0, 0.1) is 11.8 Å². The fourth-order valence-electron chi connectivity index (χ4n) is 2.56. The van der Waals surface area contributed by atoms with Crippen LogP contribution >= 0.6 is 0 Å². The Hall–Kier alpha value is -2.97. The van der Waals surface area contributed by atoms with E-state index in [0.29, 0.717) is 16.9 Å². The Balaban J connectivity index is 1.93. The van der Waals surface area contributed by atoms with E-state index in [1.54, 1.807) is 12.3 Å². The predicted octanol–water partition coefficient (Wildman–Crippen LogP) is 2.25. The van der Waals surface area contributed by atoms with Crippen LogP contribution in [-0.2, 0) is 0 Å². The van der Waals surface area contributed by atoms with Gasteiger partial charge in [-0.2, -0.15) is 0 Å². The van der Waals surface area contributed by atoms with Gasteiger partial charge in [-0.3, -0.25) is 4.79 Å². The van der Waals surface area contributed by atoms with Crippen molar-refractivity contribution >= 4 is 17.8 Å². The average Bonchev–Trinajstić information content (AvgIpc) is 2.85. The minimum atomic E-state index is 0.571. The normalized spacial score (nSPS) is 16.0. The number of nitrogens with one attached hydrogen (secondary N) is 1. The third-order valence-electron chi connectivity index (χ3n) is 4.00. The molecule has 1 aromatic heterocycles. The predicted molar refractivity (Wildman–Crippen MR) is 99.3 cm³/mol. The summed E-state index contributed by atoms with van der Waals surface area (Å²) < 4.78 is 0. The molecule has 1 aromatic carbocycles. The number of hydrogen-bond acceptors (Lipinski definition) is 4. The molecule has 0 aliphatic carbocycles. The molecule has 0 spiro atoms. The molecule has 0 atom stereocenters. The van der Waals surface area contributed by atoms with Crippen LogP contribution in [0.25, 0.3) is 0 Å². The zero-order valence-corrected chi connectivity index (χ0v) is 14.2. The van der Waals surface area contributed by atoms with Gasteiger partial charge < -0.3 is 10.2 Å². The molecule has 5 nitrogen and oxygen atoms in total. The monoisotopic (exact) mass is 332 g/mol. The molecule has 1 N–H and O–H groups in total. The summed E-state index contributed by atoms with van der Waals surface area (Å²) in [5.74, 6) is 7.09. The molecular weight excluding hydrogens is 312 g/mol. The molecule has 25 heavy (non-hydrogen) atoms. The summed E-state index contributed by atoms with van der Waals surface area (Å²) in [7, 11) is 2.02. The lowest BCUT2D eigenvalue weighted by molar-refractivity contribution is 0.112. The third kappa shape index (κ3) is 4.52. The molecule has 0 bridgehead atoms. The first-order valence-corrected chi connectivity index (χ1v) is 8.28. The summed E-state index contributed by atoms with van der Waals surface area (Å²) in [5, 5.41) is 3.35. The fourth-order valence-corrected chi connectivity index (χ4v) is 2.56. The number of carbonyl (C=O) groups excluding carboxylic acids is 1. The summed E-state index contributed by atoms with van der Waals surface area (Å²) in [6.45, 7) is 2.72. The van der Waals surface area contributed by atoms with Crippen LogP contribution in [0.5, 0.6) is 0 Å². The van der Waals surface area contributed by atoms with Gasteiger partial charge in [0, 0.05) is 50.4 Å². The Kier molecular flexibility index (Phi) is 5.55. The number of carbonyl (C=O) groups is 1. The number of rotatable bonds is 2. The summed E-state index contributed by atoms with van der Waals surface area (Å²) in [5.41, 5.74) is 2.75. The van der Waals surface area contributed by atoms with Gasteiger partial charge in [-0.05, 0) is 36.3 Å². The highest BCUT2D eigenvalue weighted by Crippen LogP contribution is 2.21. The lowest BCUT2D eigenvalue weighted by atomic mass is 10.1. The highest BCUT2D eigenvalue weighted by Gasteiger charge is 2.11. The maximum atomic E-state index is 11.4. The summed E-state index contributed by atoms with van der Waals surface area (Å²) in [4.78, 5) is 22.4. The van der Waals surface area contributed by atoms with Gasteiger partial charge >= 0.3 is 0 Å². The van der Waals surface area contributed by atoms with E-state index in [2.05, 4.69) is 27.0 Å². The molecule has 0 saturated carbocycles. The largest absolute Gasteiger partial charge is 0.362 e. The van der Waals surface area contributed by atoms with Gasteiger partial charge in [0.2, 0.25) is 0 Å². The van der Waals surface area contributed by atoms with Crippen molar-refractivity contribution in [2.24, 2.45) is 4.99 Å². The molecule has 5 heteroatoms. The second-order valence-corrected chi connectivity index (χ2v) is 5.81. The van der Waals surface area contributed by atoms with Gasteiger partial charge in [0.25, 0.3) is 0 Å². The van der Waals surface area contributed by atoms with Gasteiger partial charge in [0.1, 0.15) is 11.5 Å². The first-order chi connectivity index (χ1) is 12.3. The van der Waals surface area contributed by atoms with Crippen molar-refractivity contribution in [2.75, 3.05) is 26.7 Å². The zero-order chi connectivity index (χ0) is 17.5. The number of pyridine rings is 1. The SMILES string of the molecule is CN1CCNCCC1=Nc1cc(C#Cc2ccccn2)ccc1C=O. The van der Waals surface area contributed by atoms with Crippen molar-refractivity contribution < 1.29 is 4.79 Å². The lowest BCUT2D eigenvalue weighted by Crippen LogP contribution is -2.28. The van der Waals surface area contributed by atoms with Crippen molar-refractivity contribution in [2.45, 2.75) is 6.42 Å². The van der Waals surface area contributed by atoms with Gasteiger partial charge in [-0.1, -0.05) is 12.0 Å². The Morgan fingerprint density at radius 2 is 2.16 bits per heavy atom. The van der Waals surface area contributed by atoms with Crippen LogP contribution in [0.3, 0.4) is 0 Å². The molecule has 2 aromatic rings. The number of aldehydes is 1. The third-order valence-corrected chi connectivity index (χ3v) is 4.00. The van der Waals surface area contributed by atoms with Gasteiger partial charge in [-0.25, -0.2) is 9.98 Å². The molecule has 0 unspecified atom stereocenters. The molecule has 0 radical (unpaired) electrons. The molecular formula is C20H20N4O. The van der Waals surface area contributed by atoms with Crippen LogP contribution in [0.15, 0.2) is 47.6 Å². The van der Waals surface area contributed by atoms with E-state index in [-0.39, 0.29) is 0 Å². The molecule has 1 aliphatic heterocycles. The molecule has 126 valence electrons. The van der Waals surface area contributed by atoms with Crippen LogP contribution in [0.4, 0.5) is 5.69 Å². The van der Waals surface area contributed by atoms with Crippen molar-refractivity contribution in [3.63, 3.8) is 0 Å². The van der Waals surface area contributed by atoms with E-state index in [4.69, 9.17) is 4.99 Å². The van der Waals surface area contributed by atoms with Crippen molar-refractivity contribution in [1.82, 2.24) is 15.2 Å². The number of aliphatic imine (C=N–C) groups is 1. The van der Waals surface area contributed by atoms with E-state index in [1.807, 2.05) is 37.4 Å². The van der Waals surface area contributed by atoms with Crippen LogP contribution in [0.2, 0.25) is 0 Å². The second-order valence-electron chi connectivity index (χ2n) is 5.81. The van der Waals surface area contributed by atoms with Gasteiger partial charge in [0.05, 0.1) is 5.69 Å². The van der Waals surface area contributed by atoms with E-state index in [9.17, 15) is 4.79 Å². The number of benzene rings is 1. The van der Waals surface area contributed by atoms with Crippen molar-refractivity contribution in [3.05, 3.63) is 59.4 Å². The Morgan fingerprint density at radius 1 is 1.24 bits per heavy atom. The maximum Gasteiger partial charge on any atom is 0.152 e. The Bertz CT molecular complexity index is 834. The van der Waals surface area contributed by atoms with Crippen molar-refractivity contribution in [3.8, 4) is 11.8 Å². The first-order valence-electron chi connectivity index (χ1n) is 8.28.